The molecule has 0 N–H and O–H groups in total. The van der Waals surface area contributed by atoms with Gasteiger partial charge in [0.15, 0.2) is 6.10 Å². The van der Waals surface area contributed by atoms with Crippen molar-refractivity contribution in [1.82, 2.24) is 0 Å². The van der Waals surface area contributed by atoms with Gasteiger partial charge in [-0.1, -0.05) is 288 Å². The molecule has 0 aliphatic carbocycles. The van der Waals surface area contributed by atoms with Crippen LogP contribution in [-0.2, 0) is 28.6 Å². The van der Waals surface area contributed by atoms with E-state index >= 15 is 0 Å². The Hall–Kier alpha value is -4.97. The van der Waals surface area contributed by atoms with Gasteiger partial charge in [0.25, 0.3) is 0 Å². The van der Waals surface area contributed by atoms with E-state index < -0.39 is 6.10 Å². The summed E-state index contributed by atoms with van der Waals surface area (Å²) in [4.78, 5) is 38.3. The van der Waals surface area contributed by atoms with Crippen molar-refractivity contribution >= 4 is 17.9 Å². The molecule has 0 aromatic carbocycles. The van der Waals surface area contributed by atoms with Gasteiger partial charge in [0, 0.05) is 19.3 Å². The third-order valence-corrected chi connectivity index (χ3v) is 13.5. The number of hydrogen-bond acceptors (Lipinski definition) is 6. The van der Waals surface area contributed by atoms with E-state index in [2.05, 4.69) is 179 Å². The molecule has 0 bridgehead atoms. The van der Waals surface area contributed by atoms with Crippen LogP contribution in [0.25, 0.3) is 0 Å². The first-order chi connectivity index (χ1) is 40.0. The Labute approximate surface area is 499 Å². The Balaban J connectivity index is 4.35. The van der Waals surface area contributed by atoms with Gasteiger partial charge >= 0.3 is 17.9 Å². The molecule has 0 amide bonds. The summed E-state index contributed by atoms with van der Waals surface area (Å²) in [5.74, 6) is -0.953. The predicted molar refractivity (Wildman–Crippen MR) is 352 cm³/mol. The van der Waals surface area contributed by atoms with Crippen molar-refractivity contribution in [3.05, 3.63) is 158 Å². The molecular formula is C75H120O6. The van der Waals surface area contributed by atoms with Gasteiger partial charge in [-0.2, -0.15) is 0 Å². The first kappa shape index (κ1) is 76.0. The molecule has 0 heterocycles. The zero-order valence-electron chi connectivity index (χ0n) is 52.2. The fourth-order valence-electron chi connectivity index (χ4n) is 8.66. The monoisotopic (exact) mass is 1120 g/mol. The van der Waals surface area contributed by atoms with Crippen LogP contribution in [0, 0.1) is 0 Å². The molecule has 0 fully saturated rings. The quantitative estimate of drug-likeness (QED) is 0.0261. The molecule has 6 heteroatoms. The SMILES string of the molecule is CC/C=C\C/C=C\C/C=C\C/C=C\C/C=C\C/C=C\C/C=C\CCCCCCCCCCCC(=O)OCC(COC(=O)CCCCCCCCCCCCC)OC(=O)CCCC/C=C\C/C=C\C/C=C\C/C=C\C/C=C\C/C=C\CC. The Bertz CT molecular complexity index is 1810. The van der Waals surface area contributed by atoms with Gasteiger partial charge in [-0.05, 0) is 128 Å². The second kappa shape index (κ2) is 67.5. The highest BCUT2D eigenvalue weighted by atomic mass is 16.6. The molecule has 456 valence electrons. The average molecular weight is 1120 g/mol. The molecular weight excluding hydrogens is 997 g/mol. The molecule has 81 heavy (non-hydrogen) atoms. The van der Waals surface area contributed by atoms with Crippen molar-refractivity contribution in [2.75, 3.05) is 13.2 Å². The maximum atomic E-state index is 12.9. The lowest BCUT2D eigenvalue weighted by Crippen LogP contribution is -2.30. The summed E-state index contributed by atoms with van der Waals surface area (Å²) < 4.78 is 16.9. The van der Waals surface area contributed by atoms with Gasteiger partial charge in [0.05, 0.1) is 0 Å². The van der Waals surface area contributed by atoms with Crippen LogP contribution in [0.3, 0.4) is 0 Å². The number of carbonyl (C=O) groups is 3. The molecule has 0 spiro atoms. The second-order valence-corrected chi connectivity index (χ2v) is 21.3. The van der Waals surface area contributed by atoms with Crippen LogP contribution in [0.1, 0.15) is 278 Å². The Kier molecular flexibility index (Phi) is 63.4. The third-order valence-electron chi connectivity index (χ3n) is 13.5. The van der Waals surface area contributed by atoms with E-state index in [0.717, 1.165) is 141 Å². The van der Waals surface area contributed by atoms with Crippen LogP contribution in [0.15, 0.2) is 158 Å². The highest BCUT2D eigenvalue weighted by molar-refractivity contribution is 5.71. The molecule has 0 aromatic heterocycles. The average Bonchev–Trinajstić information content (AvgIpc) is 3.47. The summed E-state index contributed by atoms with van der Waals surface area (Å²) in [6.07, 6.45) is 98.3. The van der Waals surface area contributed by atoms with Crippen molar-refractivity contribution in [3.63, 3.8) is 0 Å². The first-order valence-corrected chi connectivity index (χ1v) is 33.0. The topological polar surface area (TPSA) is 78.9 Å². The summed E-state index contributed by atoms with van der Waals surface area (Å²) in [5, 5.41) is 0. The molecule has 0 saturated heterocycles. The Morgan fingerprint density at radius 3 is 0.778 bits per heavy atom. The third kappa shape index (κ3) is 65.7. The standard InChI is InChI=1S/C75H120O6/c1-4-7-10-13-16-19-22-24-26-28-30-32-33-34-35-36-37-38-39-40-41-43-44-46-48-50-53-56-59-62-65-68-74(77)80-71-72(70-79-73(76)67-64-61-58-55-52-21-18-15-12-9-6-3)81-75(78)69-66-63-60-57-54-51-49-47-45-42-31-29-27-25-23-20-17-14-11-8-5-2/h7-8,10-11,16-17,19-20,24-27,30-32,34-35,37-38,40-42,47,49,54,57,72H,4-6,9,12-15,18,21-23,28-29,33,36,39,43-46,48,50-53,55-56,58-71H2,1-3H3/b10-7-,11-8-,19-16-,20-17-,26-24-,27-25-,32-30-,35-34-,38-37-,41-40-,42-31-,49-47-,57-54-. The van der Waals surface area contributed by atoms with Crippen LogP contribution >= 0.6 is 0 Å². The summed E-state index contributed by atoms with van der Waals surface area (Å²) in [6, 6.07) is 0. The summed E-state index contributed by atoms with van der Waals surface area (Å²) in [5.41, 5.74) is 0. The fraction of sp³-hybridized carbons (Fsp3) is 0.613. The predicted octanol–water partition coefficient (Wildman–Crippen LogP) is 22.9. The summed E-state index contributed by atoms with van der Waals surface area (Å²) in [7, 11) is 0. The van der Waals surface area contributed by atoms with Gasteiger partial charge in [-0.15, -0.1) is 0 Å². The number of rotatable bonds is 58. The van der Waals surface area contributed by atoms with Crippen LogP contribution in [0.2, 0.25) is 0 Å². The second-order valence-electron chi connectivity index (χ2n) is 21.3. The number of carbonyl (C=O) groups excluding carboxylic acids is 3. The van der Waals surface area contributed by atoms with Crippen molar-refractivity contribution < 1.29 is 28.6 Å². The van der Waals surface area contributed by atoms with Crippen molar-refractivity contribution in [1.29, 1.82) is 0 Å². The minimum atomic E-state index is -0.810. The van der Waals surface area contributed by atoms with E-state index in [-0.39, 0.29) is 37.5 Å². The number of hydrogen-bond donors (Lipinski definition) is 0. The number of ether oxygens (including phenoxy) is 3. The van der Waals surface area contributed by atoms with Crippen LogP contribution in [0.4, 0.5) is 0 Å². The van der Waals surface area contributed by atoms with E-state index in [1.165, 1.54) is 89.9 Å². The minimum absolute atomic E-state index is 0.101. The molecule has 0 aliphatic heterocycles. The van der Waals surface area contributed by atoms with Gasteiger partial charge in [-0.25, -0.2) is 0 Å². The van der Waals surface area contributed by atoms with Gasteiger partial charge in [0.1, 0.15) is 13.2 Å². The zero-order valence-corrected chi connectivity index (χ0v) is 52.2. The van der Waals surface area contributed by atoms with Crippen LogP contribution in [0.5, 0.6) is 0 Å². The Morgan fingerprint density at radius 1 is 0.259 bits per heavy atom. The molecule has 0 saturated carbocycles. The van der Waals surface area contributed by atoms with Gasteiger partial charge in [0.2, 0.25) is 0 Å². The molecule has 1 unspecified atom stereocenters. The lowest BCUT2D eigenvalue weighted by atomic mass is 10.1. The Morgan fingerprint density at radius 2 is 0.481 bits per heavy atom. The highest BCUT2D eigenvalue weighted by Gasteiger charge is 2.19. The smallest absolute Gasteiger partial charge is 0.306 e. The lowest BCUT2D eigenvalue weighted by molar-refractivity contribution is -0.167. The largest absolute Gasteiger partial charge is 0.462 e. The summed E-state index contributed by atoms with van der Waals surface area (Å²) >= 11 is 0. The van der Waals surface area contributed by atoms with Gasteiger partial charge in [-0.3, -0.25) is 14.4 Å². The van der Waals surface area contributed by atoms with Crippen molar-refractivity contribution in [3.8, 4) is 0 Å². The molecule has 0 aromatic rings. The van der Waals surface area contributed by atoms with E-state index in [9.17, 15) is 14.4 Å². The minimum Gasteiger partial charge on any atom is -0.462 e. The summed E-state index contributed by atoms with van der Waals surface area (Å²) in [6.45, 7) is 6.37. The maximum Gasteiger partial charge on any atom is 0.306 e. The number of unbranched alkanes of at least 4 members (excludes halogenated alkanes) is 21. The van der Waals surface area contributed by atoms with Gasteiger partial charge < -0.3 is 14.2 Å². The first-order valence-electron chi connectivity index (χ1n) is 33.0. The molecule has 0 aliphatic rings. The number of esters is 3. The molecule has 0 rings (SSSR count). The van der Waals surface area contributed by atoms with Crippen LogP contribution < -0.4 is 0 Å². The van der Waals surface area contributed by atoms with Crippen LogP contribution in [-0.4, -0.2) is 37.2 Å². The lowest BCUT2D eigenvalue weighted by Gasteiger charge is -2.18. The zero-order chi connectivity index (χ0) is 58.5. The van der Waals surface area contributed by atoms with Crippen molar-refractivity contribution in [2.45, 2.75) is 284 Å². The molecule has 0 radical (unpaired) electrons. The highest BCUT2D eigenvalue weighted by Crippen LogP contribution is 2.15. The number of allylic oxidation sites excluding steroid dienone is 26. The maximum absolute atomic E-state index is 12.9. The van der Waals surface area contributed by atoms with E-state index in [1.807, 2.05) is 0 Å². The van der Waals surface area contributed by atoms with E-state index in [4.69, 9.17) is 14.2 Å². The molecule has 6 nitrogen and oxygen atoms in total. The normalized spacial score (nSPS) is 13.2. The van der Waals surface area contributed by atoms with E-state index in [0.29, 0.717) is 19.3 Å². The van der Waals surface area contributed by atoms with E-state index in [1.54, 1.807) is 0 Å². The fourth-order valence-corrected chi connectivity index (χ4v) is 8.66. The van der Waals surface area contributed by atoms with Crippen molar-refractivity contribution in [2.24, 2.45) is 0 Å². The molecule has 1 atom stereocenters.